The zero-order chi connectivity index (χ0) is 10.9. The Kier molecular flexibility index (Phi) is 2.50. The highest BCUT2D eigenvalue weighted by molar-refractivity contribution is 5.69. The SMILES string of the molecule is Cn1cc(CC(=O)O)nc1C(F)(F)F. The molecule has 0 fully saturated rings. The molecule has 0 aromatic carbocycles. The molecule has 0 radical (unpaired) electrons. The van der Waals surface area contributed by atoms with Crippen LogP contribution in [0, 0.1) is 0 Å². The van der Waals surface area contributed by atoms with Crippen LogP contribution in [0.2, 0.25) is 0 Å². The van der Waals surface area contributed by atoms with Crippen LogP contribution in [0.4, 0.5) is 13.2 Å². The Balaban J connectivity index is 2.99. The molecule has 0 atom stereocenters. The molecule has 1 rings (SSSR count). The number of nitrogens with zero attached hydrogens (tertiary/aromatic N) is 2. The summed E-state index contributed by atoms with van der Waals surface area (Å²) in [5, 5.41) is 8.34. The van der Waals surface area contributed by atoms with Crippen molar-refractivity contribution in [1.82, 2.24) is 9.55 Å². The number of hydrogen-bond acceptors (Lipinski definition) is 2. The van der Waals surface area contributed by atoms with Gasteiger partial charge in [0.1, 0.15) is 0 Å². The fourth-order valence-electron chi connectivity index (χ4n) is 1.03. The van der Waals surface area contributed by atoms with Crippen molar-refractivity contribution in [2.24, 2.45) is 7.05 Å². The van der Waals surface area contributed by atoms with Crippen molar-refractivity contribution in [3.8, 4) is 0 Å². The van der Waals surface area contributed by atoms with Gasteiger partial charge in [-0.1, -0.05) is 0 Å². The Hall–Kier alpha value is -1.53. The number of carboxylic acid groups (broad SMARTS) is 1. The average molecular weight is 208 g/mol. The minimum atomic E-state index is -4.55. The van der Waals surface area contributed by atoms with Crippen LogP contribution in [-0.2, 0) is 24.4 Å². The van der Waals surface area contributed by atoms with Gasteiger partial charge in [0, 0.05) is 13.2 Å². The molecule has 1 aromatic heterocycles. The van der Waals surface area contributed by atoms with E-state index in [1.807, 2.05) is 0 Å². The highest BCUT2D eigenvalue weighted by atomic mass is 19.4. The fourth-order valence-corrected chi connectivity index (χ4v) is 1.03. The highest BCUT2D eigenvalue weighted by Crippen LogP contribution is 2.27. The van der Waals surface area contributed by atoms with E-state index in [4.69, 9.17) is 5.11 Å². The van der Waals surface area contributed by atoms with Crippen LogP contribution in [0.25, 0.3) is 0 Å². The number of alkyl halides is 3. The summed E-state index contributed by atoms with van der Waals surface area (Å²) >= 11 is 0. The molecule has 0 saturated carbocycles. The molecular formula is C7H7F3N2O2. The lowest BCUT2D eigenvalue weighted by atomic mass is 10.3. The lowest BCUT2D eigenvalue weighted by Gasteiger charge is -2.04. The molecule has 7 heteroatoms. The molecule has 0 saturated heterocycles. The molecule has 78 valence electrons. The summed E-state index contributed by atoms with van der Waals surface area (Å²) in [6.45, 7) is 0. The highest BCUT2D eigenvalue weighted by Gasteiger charge is 2.36. The maximum absolute atomic E-state index is 12.2. The Morgan fingerprint density at radius 3 is 2.57 bits per heavy atom. The predicted octanol–water partition coefficient (Wildman–Crippen LogP) is 1.07. The molecule has 0 amide bonds. The maximum Gasteiger partial charge on any atom is 0.449 e. The summed E-state index contributed by atoms with van der Waals surface area (Å²) in [7, 11) is 1.17. The van der Waals surface area contributed by atoms with Crippen molar-refractivity contribution in [2.45, 2.75) is 12.6 Å². The van der Waals surface area contributed by atoms with Crippen molar-refractivity contribution >= 4 is 5.97 Å². The average Bonchev–Trinajstić information content (AvgIpc) is 2.27. The lowest BCUT2D eigenvalue weighted by molar-refractivity contribution is -0.147. The third kappa shape index (κ3) is 2.24. The number of hydrogen-bond donors (Lipinski definition) is 1. The van der Waals surface area contributed by atoms with Crippen molar-refractivity contribution < 1.29 is 23.1 Å². The lowest BCUT2D eigenvalue weighted by Crippen LogP contribution is -2.12. The maximum atomic E-state index is 12.2. The van der Waals surface area contributed by atoms with Crippen molar-refractivity contribution in [2.75, 3.05) is 0 Å². The topological polar surface area (TPSA) is 55.1 Å². The quantitative estimate of drug-likeness (QED) is 0.790. The van der Waals surface area contributed by atoms with E-state index in [9.17, 15) is 18.0 Å². The van der Waals surface area contributed by atoms with Gasteiger partial charge in [0.25, 0.3) is 0 Å². The minimum absolute atomic E-state index is 0.104. The van der Waals surface area contributed by atoms with Crippen LogP contribution in [0.1, 0.15) is 11.5 Å². The number of carboxylic acids is 1. The van der Waals surface area contributed by atoms with Gasteiger partial charge < -0.3 is 9.67 Å². The molecule has 1 heterocycles. The number of carbonyl (C=O) groups is 1. The van der Waals surface area contributed by atoms with Crippen molar-refractivity contribution in [1.29, 1.82) is 0 Å². The first-order valence-corrected chi connectivity index (χ1v) is 3.62. The molecule has 0 spiro atoms. The molecular weight excluding hydrogens is 201 g/mol. The first kappa shape index (κ1) is 10.6. The van der Waals surface area contributed by atoms with Gasteiger partial charge in [0.2, 0.25) is 5.82 Å². The fraction of sp³-hybridized carbons (Fsp3) is 0.429. The van der Waals surface area contributed by atoms with E-state index < -0.39 is 24.4 Å². The van der Waals surface area contributed by atoms with E-state index in [0.29, 0.717) is 0 Å². The number of aliphatic carboxylic acids is 1. The zero-order valence-electron chi connectivity index (χ0n) is 7.17. The third-order valence-electron chi connectivity index (χ3n) is 1.51. The number of halogens is 3. The van der Waals surface area contributed by atoms with E-state index in [1.54, 1.807) is 0 Å². The van der Waals surface area contributed by atoms with Gasteiger partial charge >= 0.3 is 12.1 Å². The summed E-state index contributed by atoms with van der Waals surface area (Å²) < 4.78 is 37.3. The van der Waals surface area contributed by atoms with Gasteiger partial charge in [-0.05, 0) is 0 Å². The molecule has 0 unspecified atom stereocenters. The standard InChI is InChI=1S/C7H7F3N2O2/c1-12-3-4(2-5(13)14)11-6(12)7(8,9)10/h3H,2H2,1H3,(H,13,14). The summed E-state index contributed by atoms with van der Waals surface area (Å²) in [5.41, 5.74) is -0.104. The Bertz CT molecular complexity index is 356. The molecule has 0 aliphatic carbocycles. The number of aromatic nitrogens is 2. The van der Waals surface area contributed by atoms with E-state index in [1.165, 1.54) is 7.05 Å². The number of imidazole rings is 1. The molecule has 1 N–H and O–H groups in total. The monoisotopic (exact) mass is 208 g/mol. The normalized spacial score (nSPS) is 11.7. The van der Waals surface area contributed by atoms with Gasteiger partial charge in [-0.3, -0.25) is 4.79 Å². The van der Waals surface area contributed by atoms with E-state index in [0.717, 1.165) is 10.8 Å². The second kappa shape index (κ2) is 3.32. The second-order valence-electron chi connectivity index (χ2n) is 2.74. The zero-order valence-corrected chi connectivity index (χ0v) is 7.17. The smallest absolute Gasteiger partial charge is 0.449 e. The van der Waals surface area contributed by atoms with Crippen LogP contribution in [0.5, 0.6) is 0 Å². The van der Waals surface area contributed by atoms with Gasteiger partial charge in [0.15, 0.2) is 0 Å². The van der Waals surface area contributed by atoms with Gasteiger partial charge in [-0.15, -0.1) is 0 Å². The Morgan fingerprint density at radius 1 is 1.64 bits per heavy atom. The molecule has 4 nitrogen and oxygen atoms in total. The first-order valence-electron chi connectivity index (χ1n) is 3.62. The van der Waals surface area contributed by atoms with E-state index >= 15 is 0 Å². The van der Waals surface area contributed by atoms with Crippen LogP contribution >= 0.6 is 0 Å². The van der Waals surface area contributed by atoms with Gasteiger partial charge in [-0.25, -0.2) is 4.98 Å². The molecule has 14 heavy (non-hydrogen) atoms. The van der Waals surface area contributed by atoms with Crippen LogP contribution < -0.4 is 0 Å². The van der Waals surface area contributed by atoms with E-state index in [2.05, 4.69) is 4.98 Å². The first-order chi connectivity index (χ1) is 6.30. The summed E-state index contributed by atoms with van der Waals surface area (Å²) in [6.07, 6.45) is -4.01. The molecule has 0 bridgehead atoms. The van der Waals surface area contributed by atoms with Crippen LogP contribution in [0.15, 0.2) is 6.20 Å². The summed E-state index contributed by atoms with van der Waals surface area (Å²) in [6, 6.07) is 0. The molecule has 0 aliphatic rings. The number of rotatable bonds is 2. The van der Waals surface area contributed by atoms with Crippen molar-refractivity contribution in [3.05, 3.63) is 17.7 Å². The van der Waals surface area contributed by atoms with Gasteiger partial charge in [0.05, 0.1) is 12.1 Å². The van der Waals surface area contributed by atoms with Crippen LogP contribution in [-0.4, -0.2) is 20.6 Å². The largest absolute Gasteiger partial charge is 0.481 e. The Morgan fingerprint density at radius 2 is 2.21 bits per heavy atom. The third-order valence-corrected chi connectivity index (χ3v) is 1.51. The Labute approximate surface area is 77.0 Å². The summed E-state index contributed by atoms with van der Waals surface area (Å²) in [5.74, 6) is -2.30. The predicted molar refractivity (Wildman–Crippen MR) is 39.5 cm³/mol. The second-order valence-corrected chi connectivity index (χ2v) is 2.74. The minimum Gasteiger partial charge on any atom is -0.481 e. The molecule has 1 aromatic rings. The van der Waals surface area contributed by atoms with E-state index in [-0.39, 0.29) is 5.69 Å². The van der Waals surface area contributed by atoms with Crippen molar-refractivity contribution in [3.63, 3.8) is 0 Å². The van der Waals surface area contributed by atoms with Crippen LogP contribution in [0.3, 0.4) is 0 Å². The van der Waals surface area contributed by atoms with Gasteiger partial charge in [-0.2, -0.15) is 13.2 Å². The summed E-state index contributed by atoms with van der Waals surface area (Å²) in [4.78, 5) is 13.4. The molecule has 0 aliphatic heterocycles. The number of aryl methyl sites for hydroxylation is 1.